The third-order valence-corrected chi connectivity index (χ3v) is 8.38. The summed E-state index contributed by atoms with van der Waals surface area (Å²) in [6.07, 6.45) is 0.786. The van der Waals surface area contributed by atoms with E-state index in [9.17, 15) is 14.7 Å². The van der Waals surface area contributed by atoms with Crippen LogP contribution in [0.2, 0.25) is 0 Å². The summed E-state index contributed by atoms with van der Waals surface area (Å²) in [6, 6.07) is 12.5. The smallest absolute Gasteiger partial charge is 0.301 e. The Morgan fingerprint density at radius 3 is 2.77 bits per heavy atom. The second-order valence-corrected chi connectivity index (χ2v) is 11.1. The number of carbonyl (C=O) groups excluding carboxylic acids is 2. The Morgan fingerprint density at radius 2 is 2.00 bits per heavy atom. The van der Waals surface area contributed by atoms with Gasteiger partial charge in [-0.25, -0.2) is 4.98 Å². The van der Waals surface area contributed by atoms with Gasteiger partial charge in [0, 0.05) is 16.9 Å². The van der Waals surface area contributed by atoms with Gasteiger partial charge in [-0.3, -0.25) is 14.5 Å². The number of benzene rings is 2. The van der Waals surface area contributed by atoms with Crippen molar-refractivity contribution in [3.8, 4) is 5.75 Å². The van der Waals surface area contributed by atoms with Gasteiger partial charge < -0.3 is 9.84 Å². The first kappa shape index (κ1) is 22.0. The summed E-state index contributed by atoms with van der Waals surface area (Å²) in [4.78, 5) is 33.8. The van der Waals surface area contributed by atoms with Crippen molar-refractivity contribution in [1.82, 2.24) is 4.98 Å². The zero-order valence-electron chi connectivity index (χ0n) is 19.4. The number of rotatable bonds is 3. The maximum Gasteiger partial charge on any atom is 0.301 e. The number of Topliss-reactive ketones (excluding diaryl/α,β-unsaturated/α-hetero) is 1. The highest BCUT2D eigenvalue weighted by molar-refractivity contribution is 7.22. The van der Waals surface area contributed by atoms with Crippen LogP contribution in [0, 0.1) is 13.8 Å². The van der Waals surface area contributed by atoms with Crippen LogP contribution in [-0.2, 0) is 16.0 Å². The molecule has 2 atom stereocenters. The van der Waals surface area contributed by atoms with Gasteiger partial charge in [-0.1, -0.05) is 23.5 Å². The predicted molar refractivity (Wildman–Crippen MR) is 138 cm³/mol. The van der Waals surface area contributed by atoms with Gasteiger partial charge in [0.15, 0.2) is 5.13 Å². The number of aryl methyl sites for hydroxylation is 2. The Bertz CT molecular complexity index is 1550. The molecule has 6 nitrogen and oxygen atoms in total. The maximum absolute atomic E-state index is 13.4. The molecule has 2 aliphatic heterocycles. The number of thiophene rings is 1. The maximum atomic E-state index is 13.4. The Kier molecular flexibility index (Phi) is 5.05. The average Bonchev–Trinajstić information content (AvgIpc) is 3.59. The molecule has 35 heavy (non-hydrogen) atoms. The fraction of sp³-hybridized carbons (Fsp3) is 0.222. The summed E-state index contributed by atoms with van der Waals surface area (Å²) < 4.78 is 6.73. The van der Waals surface area contributed by atoms with Crippen molar-refractivity contribution in [1.29, 1.82) is 0 Å². The number of hydrogen-bond donors (Lipinski definition) is 1. The molecule has 0 unspecified atom stereocenters. The first-order chi connectivity index (χ1) is 16.8. The number of fused-ring (bicyclic) bond motifs is 2. The van der Waals surface area contributed by atoms with E-state index in [0.717, 1.165) is 44.0 Å². The zero-order chi connectivity index (χ0) is 24.4. The summed E-state index contributed by atoms with van der Waals surface area (Å²) in [6.45, 7) is 6.00. The van der Waals surface area contributed by atoms with Crippen molar-refractivity contribution >= 4 is 55.5 Å². The number of aliphatic hydroxyl groups is 1. The number of amides is 1. The molecule has 8 heteroatoms. The minimum Gasteiger partial charge on any atom is -0.507 e. The van der Waals surface area contributed by atoms with Gasteiger partial charge in [-0.05, 0) is 73.2 Å². The number of carbonyl (C=O) groups is 2. The third kappa shape index (κ3) is 3.47. The highest BCUT2D eigenvalue weighted by Gasteiger charge is 2.48. The van der Waals surface area contributed by atoms with E-state index in [1.54, 1.807) is 6.07 Å². The van der Waals surface area contributed by atoms with Gasteiger partial charge in [-0.15, -0.1) is 11.3 Å². The standard InChI is InChI=1S/C27H22N2O4S2/c1-13-9-14(2)22-20(10-13)35-27(28-22)29-23(19-5-4-8-34-19)21(25(31)26(29)32)24(30)16-6-7-18-17(12-16)11-15(3)33-18/h4-10,12,15,23,30H,11H2,1-3H3/t15-,23+/m0/s1. The number of anilines is 1. The lowest BCUT2D eigenvalue weighted by atomic mass is 9.98. The van der Waals surface area contributed by atoms with E-state index in [1.165, 1.54) is 27.6 Å². The molecule has 1 amide bonds. The number of ether oxygens (including phenoxy) is 1. The van der Waals surface area contributed by atoms with Crippen molar-refractivity contribution in [3.63, 3.8) is 0 Å². The van der Waals surface area contributed by atoms with Crippen molar-refractivity contribution in [2.45, 2.75) is 39.3 Å². The molecule has 1 fully saturated rings. The molecule has 176 valence electrons. The molecule has 4 aromatic rings. The average molecular weight is 503 g/mol. The summed E-state index contributed by atoms with van der Waals surface area (Å²) in [5.74, 6) is -0.793. The van der Waals surface area contributed by atoms with Gasteiger partial charge in [0.25, 0.3) is 5.78 Å². The number of nitrogens with zero attached hydrogens (tertiary/aromatic N) is 2. The lowest BCUT2D eigenvalue weighted by Gasteiger charge is -2.21. The minimum absolute atomic E-state index is 0.0604. The number of hydrogen-bond acceptors (Lipinski definition) is 7. The van der Waals surface area contributed by atoms with Crippen molar-refractivity contribution < 1.29 is 19.4 Å². The summed E-state index contributed by atoms with van der Waals surface area (Å²) in [7, 11) is 0. The predicted octanol–water partition coefficient (Wildman–Crippen LogP) is 5.92. The third-order valence-electron chi connectivity index (χ3n) is 6.45. The normalized spacial score (nSPS) is 21.1. The lowest BCUT2D eigenvalue weighted by Crippen LogP contribution is -2.28. The largest absolute Gasteiger partial charge is 0.507 e. The summed E-state index contributed by atoms with van der Waals surface area (Å²) in [5.41, 5.74) is 4.49. The van der Waals surface area contributed by atoms with Crippen LogP contribution in [-0.4, -0.2) is 27.9 Å². The number of aliphatic hydroxyl groups excluding tert-OH is 1. The fourth-order valence-corrected chi connectivity index (χ4v) is 6.92. The number of ketones is 1. The van der Waals surface area contributed by atoms with Crippen molar-refractivity contribution in [2.24, 2.45) is 0 Å². The first-order valence-electron chi connectivity index (χ1n) is 11.3. The molecule has 1 N–H and O–H groups in total. The molecule has 0 aliphatic carbocycles. The van der Waals surface area contributed by atoms with Crippen LogP contribution in [0.4, 0.5) is 5.13 Å². The van der Waals surface area contributed by atoms with Crippen LogP contribution in [0.5, 0.6) is 5.75 Å². The molecule has 1 saturated heterocycles. The van der Waals surface area contributed by atoms with Crippen molar-refractivity contribution in [2.75, 3.05) is 4.90 Å². The molecule has 0 saturated carbocycles. The molecule has 0 radical (unpaired) electrons. The topological polar surface area (TPSA) is 79.7 Å². The molecular weight excluding hydrogens is 480 g/mol. The molecule has 4 heterocycles. The zero-order valence-corrected chi connectivity index (χ0v) is 21.0. The van der Waals surface area contributed by atoms with Gasteiger partial charge in [0.05, 0.1) is 15.8 Å². The van der Waals surface area contributed by atoms with E-state index in [1.807, 2.05) is 56.5 Å². The molecule has 2 aromatic heterocycles. The SMILES string of the molecule is Cc1cc(C)c2nc(N3C(=O)C(=O)C(=C(O)c4ccc5c(c4)C[C@H](C)O5)[C@H]3c3cccs3)sc2c1. The van der Waals surface area contributed by atoms with Gasteiger partial charge in [-0.2, -0.15) is 0 Å². The minimum atomic E-state index is -0.750. The molecule has 0 spiro atoms. The molecule has 2 aliphatic rings. The van der Waals surface area contributed by atoms with Crippen LogP contribution >= 0.6 is 22.7 Å². The van der Waals surface area contributed by atoms with E-state index in [2.05, 4.69) is 6.07 Å². The Hall–Kier alpha value is -3.49. The summed E-state index contributed by atoms with van der Waals surface area (Å²) >= 11 is 2.82. The second-order valence-electron chi connectivity index (χ2n) is 9.06. The molecule has 6 rings (SSSR count). The van der Waals surface area contributed by atoms with Crippen LogP contribution in [0.15, 0.2) is 53.4 Å². The van der Waals surface area contributed by atoms with E-state index in [-0.39, 0.29) is 17.4 Å². The van der Waals surface area contributed by atoms with Gasteiger partial charge in [0.2, 0.25) is 0 Å². The van der Waals surface area contributed by atoms with E-state index >= 15 is 0 Å². The molecule has 0 bridgehead atoms. The first-order valence-corrected chi connectivity index (χ1v) is 13.0. The van der Waals surface area contributed by atoms with Crippen LogP contribution in [0.3, 0.4) is 0 Å². The number of thiazole rings is 1. The quantitative estimate of drug-likeness (QED) is 0.214. The number of aromatic nitrogens is 1. The second kappa shape index (κ2) is 8.03. The van der Waals surface area contributed by atoms with Crippen LogP contribution in [0.25, 0.3) is 16.0 Å². The lowest BCUT2D eigenvalue weighted by molar-refractivity contribution is -0.132. The Morgan fingerprint density at radius 1 is 1.17 bits per heavy atom. The van der Waals surface area contributed by atoms with Crippen LogP contribution in [0.1, 0.15) is 40.1 Å². The monoisotopic (exact) mass is 502 g/mol. The fourth-order valence-electron chi connectivity index (χ4n) is 4.93. The molecular formula is C27H22N2O4S2. The van der Waals surface area contributed by atoms with Crippen LogP contribution < -0.4 is 9.64 Å². The Labute approximate surface area is 210 Å². The summed E-state index contributed by atoms with van der Waals surface area (Å²) in [5, 5.41) is 13.7. The molecule has 2 aromatic carbocycles. The van der Waals surface area contributed by atoms with E-state index in [4.69, 9.17) is 9.72 Å². The van der Waals surface area contributed by atoms with Gasteiger partial charge >= 0.3 is 5.91 Å². The Balaban J connectivity index is 1.52. The highest BCUT2D eigenvalue weighted by Crippen LogP contribution is 2.46. The van der Waals surface area contributed by atoms with E-state index < -0.39 is 17.7 Å². The van der Waals surface area contributed by atoms with Gasteiger partial charge in [0.1, 0.15) is 23.7 Å². The highest BCUT2D eigenvalue weighted by atomic mass is 32.1. The van der Waals surface area contributed by atoms with E-state index in [0.29, 0.717) is 10.7 Å². The van der Waals surface area contributed by atoms with Crippen molar-refractivity contribution in [3.05, 3.63) is 80.5 Å².